The SMILES string of the molecule is O=C(NCC(F)(F)F)C1CCCN1c1nc2ncccc2o1. The number of rotatable bonds is 3. The average molecular weight is 314 g/mol. The predicted molar refractivity (Wildman–Crippen MR) is 71.2 cm³/mol. The molecule has 1 aliphatic rings. The zero-order valence-corrected chi connectivity index (χ0v) is 11.4. The Kier molecular flexibility index (Phi) is 3.63. The van der Waals surface area contributed by atoms with Gasteiger partial charge in [0.15, 0.2) is 5.58 Å². The summed E-state index contributed by atoms with van der Waals surface area (Å²) in [6.45, 7) is -0.845. The molecule has 1 aliphatic heterocycles. The summed E-state index contributed by atoms with van der Waals surface area (Å²) in [5.41, 5.74) is 0.873. The Morgan fingerprint density at radius 1 is 1.50 bits per heavy atom. The third-order valence-electron chi connectivity index (χ3n) is 3.42. The molecule has 1 unspecified atom stereocenters. The first-order chi connectivity index (χ1) is 10.4. The highest BCUT2D eigenvalue weighted by Crippen LogP contribution is 2.27. The van der Waals surface area contributed by atoms with Gasteiger partial charge in [-0.2, -0.15) is 18.2 Å². The van der Waals surface area contributed by atoms with Crippen LogP contribution in [0, 0.1) is 0 Å². The fourth-order valence-electron chi connectivity index (χ4n) is 2.45. The number of anilines is 1. The molecule has 0 saturated carbocycles. The Hall–Kier alpha value is -2.32. The fraction of sp³-hybridized carbons (Fsp3) is 0.462. The molecule has 3 rings (SSSR count). The van der Waals surface area contributed by atoms with Gasteiger partial charge in [0, 0.05) is 12.7 Å². The largest absolute Gasteiger partial charge is 0.422 e. The number of alkyl halides is 3. The molecule has 6 nitrogen and oxygen atoms in total. The number of carbonyl (C=O) groups excluding carboxylic acids is 1. The van der Waals surface area contributed by atoms with Crippen LogP contribution in [0.1, 0.15) is 12.8 Å². The van der Waals surface area contributed by atoms with E-state index in [1.54, 1.807) is 23.2 Å². The van der Waals surface area contributed by atoms with E-state index < -0.39 is 24.7 Å². The first-order valence-electron chi connectivity index (χ1n) is 6.77. The van der Waals surface area contributed by atoms with Crippen LogP contribution in [0.15, 0.2) is 22.7 Å². The molecule has 2 aromatic heterocycles. The van der Waals surface area contributed by atoms with Crippen molar-refractivity contribution in [1.29, 1.82) is 0 Å². The van der Waals surface area contributed by atoms with Crippen LogP contribution in [0.25, 0.3) is 11.2 Å². The van der Waals surface area contributed by atoms with E-state index in [9.17, 15) is 18.0 Å². The molecule has 22 heavy (non-hydrogen) atoms. The van der Waals surface area contributed by atoms with Gasteiger partial charge in [0.25, 0.3) is 0 Å². The molecule has 118 valence electrons. The van der Waals surface area contributed by atoms with Crippen LogP contribution in [-0.4, -0.2) is 41.2 Å². The van der Waals surface area contributed by atoms with Crippen molar-refractivity contribution in [2.24, 2.45) is 0 Å². The Morgan fingerprint density at radius 3 is 3.05 bits per heavy atom. The first-order valence-corrected chi connectivity index (χ1v) is 6.77. The number of hydrogen-bond donors (Lipinski definition) is 1. The number of amides is 1. The third kappa shape index (κ3) is 2.97. The van der Waals surface area contributed by atoms with Gasteiger partial charge >= 0.3 is 12.2 Å². The van der Waals surface area contributed by atoms with E-state index in [1.165, 1.54) is 0 Å². The summed E-state index contributed by atoms with van der Waals surface area (Å²) in [7, 11) is 0. The van der Waals surface area contributed by atoms with Gasteiger partial charge in [-0.15, -0.1) is 0 Å². The molecule has 1 fully saturated rings. The van der Waals surface area contributed by atoms with E-state index in [1.807, 2.05) is 5.32 Å². The van der Waals surface area contributed by atoms with E-state index in [2.05, 4.69) is 9.97 Å². The number of nitrogens with zero attached hydrogens (tertiary/aromatic N) is 3. The molecular weight excluding hydrogens is 301 g/mol. The second kappa shape index (κ2) is 5.47. The van der Waals surface area contributed by atoms with Crippen molar-refractivity contribution in [3.05, 3.63) is 18.3 Å². The lowest BCUT2D eigenvalue weighted by Crippen LogP contribution is -2.46. The highest BCUT2D eigenvalue weighted by Gasteiger charge is 2.36. The second-order valence-electron chi connectivity index (χ2n) is 5.01. The number of aromatic nitrogens is 2. The Balaban J connectivity index is 1.76. The van der Waals surface area contributed by atoms with Gasteiger partial charge in [-0.3, -0.25) is 4.79 Å². The van der Waals surface area contributed by atoms with Gasteiger partial charge in [-0.05, 0) is 25.0 Å². The molecule has 9 heteroatoms. The summed E-state index contributed by atoms with van der Waals surface area (Å²) >= 11 is 0. The molecule has 1 N–H and O–H groups in total. The van der Waals surface area contributed by atoms with Crippen molar-refractivity contribution >= 4 is 23.2 Å². The molecule has 0 aliphatic carbocycles. The van der Waals surface area contributed by atoms with Gasteiger partial charge in [0.05, 0.1) is 0 Å². The number of hydrogen-bond acceptors (Lipinski definition) is 5. The Morgan fingerprint density at radius 2 is 2.32 bits per heavy atom. The van der Waals surface area contributed by atoms with Crippen molar-refractivity contribution in [2.75, 3.05) is 18.0 Å². The van der Waals surface area contributed by atoms with Gasteiger partial charge in [0.2, 0.25) is 11.6 Å². The van der Waals surface area contributed by atoms with E-state index in [0.29, 0.717) is 30.6 Å². The maximum Gasteiger partial charge on any atom is 0.405 e. The highest BCUT2D eigenvalue weighted by molar-refractivity contribution is 5.85. The number of nitrogens with one attached hydrogen (secondary N) is 1. The molecule has 1 amide bonds. The summed E-state index contributed by atoms with van der Waals surface area (Å²) in [4.78, 5) is 21.7. The second-order valence-corrected chi connectivity index (χ2v) is 5.01. The minimum absolute atomic E-state index is 0.207. The highest BCUT2D eigenvalue weighted by atomic mass is 19.4. The van der Waals surface area contributed by atoms with Crippen LogP contribution in [0.4, 0.5) is 19.2 Å². The van der Waals surface area contributed by atoms with Gasteiger partial charge in [0.1, 0.15) is 12.6 Å². The Labute approximate surface area is 123 Å². The van der Waals surface area contributed by atoms with Crippen LogP contribution in [-0.2, 0) is 4.79 Å². The molecule has 2 aromatic rings. The fourth-order valence-corrected chi connectivity index (χ4v) is 2.45. The van der Waals surface area contributed by atoms with E-state index >= 15 is 0 Å². The van der Waals surface area contributed by atoms with Crippen molar-refractivity contribution < 1.29 is 22.4 Å². The molecule has 0 aromatic carbocycles. The molecule has 3 heterocycles. The normalized spacial score (nSPS) is 18.9. The minimum atomic E-state index is -4.43. The number of fused-ring (bicyclic) bond motifs is 1. The smallest absolute Gasteiger partial charge is 0.405 e. The third-order valence-corrected chi connectivity index (χ3v) is 3.42. The lowest BCUT2D eigenvalue weighted by atomic mass is 10.2. The summed E-state index contributed by atoms with van der Waals surface area (Å²) in [6, 6.07) is 2.87. The van der Waals surface area contributed by atoms with Crippen LogP contribution in [0.2, 0.25) is 0 Å². The van der Waals surface area contributed by atoms with Gasteiger partial charge in [-0.1, -0.05) is 0 Å². The summed E-state index contributed by atoms with van der Waals surface area (Å²) in [5, 5.41) is 1.91. The van der Waals surface area contributed by atoms with Crippen LogP contribution in [0.5, 0.6) is 0 Å². The first kappa shape index (κ1) is 14.6. The van der Waals surface area contributed by atoms with Crippen LogP contribution < -0.4 is 10.2 Å². The van der Waals surface area contributed by atoms with E-state index in [0.717, 1.165) is 0 Å². The van der Waals surface area contributed by atoms with Crippen LogP contribution >= 0.6 is 0 Å². The average Bonchev–Trinajstić information content (AvgIpc) is 3.09. The number of halogens is 3. The minimum Gasteiger partial charge on any atom is -0.422 e. The standard InChI is InChI=1S/C13H13F3N4O2/c14-13(15,16)7-18-11(21)8-3-2-6-20(8)12-19-10-9(22-12)4-1-5-17-10/h1,4-5,8H,2-3,6-7H2,(H,18,21). The monoisotopic (exact) mass is 314 g/mol. The quantitative estimate of drug-likeness (QED) is 0.936. The van der Waals surface area contributed by atoms with Gasteiger partial charge < -0.3 is 14.6 Å². The summed E-state index contributed by atoms with van der Waals surface area (Å²) in [6.07, 6.45) is -1.74. The van der Waals surface area contributed by atoms with Crippen LogP contribution in [0.3, 0.4) is 0 Å². The predicted octanol–water partition coefficient (Wildman–Crippen LogP) is 1.87. The number of carbonyl (C=O) groups is 1. The summed E-state index contributed by atoms with van der Waals surface area (Å²) in [5.74, 6) is -0.676. The molecular formula is C13H13F3N4O2. The van der Waals surface area contributed by atoms with E-state index in [4.69, 9.17) is 4.42 Å². The topological polar surface area (TPSA) is 71.3 Å². The maximum absolute atomic E-state index is 12.2. The van der Waals surface area contributed by atoms with E-state index in [-0.39, 0.29) is 6.01 Å². The summed E-state index contributed by atoms with van der Waals surface area (Å²) < 4.78 is 42.1. The zero-order chi connectivity index (χ0) is 15.7. The molecule has 0 bridgehead atoms. The zero-order valence-electron chi connectivity index (χ0n) is 11.4. The van der Waals surface area contributed by atoms with Crippen molar-refractivity contribution in [2.45, 2.75) is 25.1 Å². The molecule has 1 atom stereocenters. The van der Waals surface area contributed by atoms with Crippen molar-refractivity contribution in [3.8, 4) is 0 Å². The molecule has 0 spiro atoms. The van der Waals surface area contributed by atoms with Gasteiger partial charge in [-0.25, -0.2) is 4.98 Å². The molecule has 0 radical (unpaired) electrons. The van der Waals surface area contributed by atoms with Crippen molar-refractivity contribution in [1.82, 2.24) is 15.3 Å². The lowest BCUT2D eigenvalue weighted by Gasteiger charge is -2.22. The number of oxazole rings is 1. The Bertz CT molecular complexity index is 652. The van der Waals surface area contributed by atoms with Crippen molar-refractivity contribution in [3.63, 3.8) is 0 Å². The lowest BCUT2D eigenvalue weighted by molar-refractivity contribution is -0.139. The maximum atomic E-state index is 12.2. The number of pyridine rings is 1. The molecule has 1 saturated heterocycles.